The number of carbonyl (C=O) groups is 1. The van der Waals surface area contributed by atoms with Crippen molar-refractivity contribution in [2.24, 2.45) is 0 Å². The van der Waals surface area contributed by atoms with Crippen LogP contribution in [-0.2, 0) is 11.3 Å². The zero-order valence-corrected chi connectivity index (χ0v) is 16.7. The smallest absolute Gasteiger partial charge is 0.262 e. The highest BCUT2D eigenvalue weighted by Crippen LogP contribution is 2.21. The van der Waals surface area contributed by atoms with E-state index in [1.54, 1.807) is 22.8 Å². The number of rotatable bonds is 6. The third-order valence-electron chi connectivity index (χ3n) is 3.89. The number of nitrogens with zero attached hydrogens (tertiary/aromatic N) is 2. The van der Waals surface area contributed by atoms with E-state index in [1.165, 1.54) is 11.8 Å². The number of para-hydroxylation sites is 1. The summed E-state index contributed by atoms with van der Waals surface area (Å²) in [5.41, 5.74) is 1.30. The molecule has 0 fully saturated rings. The lowest BCUT2D eigenvalue weighted by atomic mass is 10.2. The molecule has 1 heterocycles. The molecule has 140 valence electrons. The molecule has 27 heavy (non-hydrogen) atoms. The van der Waals surface area contributed by atoms with E-state index in [-0.39, 0.29) is 23.3 Å². The van der Waals surface area contributed by atoms with Crippen LogP contribution in [0.15, 0.2) is 58.5 Å². The molecule has 0 aliphatic rings. The minimum Gasteiger partial charge on any atom is -0.353 e. The van der Waals surface area contributed by atoms with Crippen molar-refractivity contribution in [1.29, 1.82) is 0 Å². The number of amides is 1. The van der Waals surface area contributed by atoms with Gasteiger partial charge >= 0.3 is 0 Å². The van der Waals surface area contributed by atoms with Crippen LogP contribution in [0.1, 0.15) is 19.4 Å². The molecule has 3 aromatic rings. The van der Waals surface area contributed by atoms with Crippen LogP contribution in [0.4, 0.5) is 0 Å². The summed E-state index contributed by atoms with van der Waals surface area (Å²) >= 11 is 7.52. The molecule has 5 nitrogen and oxygen atoms in total. The highest BCUT2D eigenvalue weighted by Gasteiger charge is 2.15. The van der Waals surface area contributed by atoms with Crippen molar-refractivity contribution < 1.29 is 4.79 Å². The van der Waals surface area contributed by atoms with Gasteiger partial charge in [-0.05, 0) is 37.6 Å². The fourth-order valence-electron chi connectivity index (χ4n) is 2.69. The average Bonchev–Trinajstić information content (AvgIpc) is 2.63. The van der Waals surface area contributed by atoms with Gasteiger partial charge in [0, 0.05) is 11.1 Å². The fraction of sp³-hybridized carbons (Fsp3) is 0.250. The van der Waals surface area contributed by atoms with Crippen LogP contribution in [0.25, 0.3) is 10.9 Å². The fourth-order valence-corrected chi connectivity index (χ4v) is 3.69. The summed E-state index contributed by atoms with van der Waals surface area (Å²) in [4.78, 5) is 29.7. The topological polar surface area (TPSA) is 64.0 Å². The summed E-state index contributed by atoms with van der Waals surface area (Å²) in [5.74, 6) is 0.0903. The van der Waals surface area contributed by atoms with E-state index in [0.29, 0.717) is 27.6 Å². The SMILES string of the molecule is CC(C)NC(=O)CSc1nc2ccccc2c(=O)n1Cc1ccccc1Cl. The van der Waals surface area contributed by atoms with E-state index in [1.807, 2.05) is 44.2 Å². The van der Waals surface area contributed by atoms with E-state index in [9.17, 15) is 9.59 Å². The van der Waals surface area contributed by atoms with E-state index < -0.39 is 0 Å². The Morgan fingerprint density at radius 1 is 1.19 bits per heavy atom. The highest BCUT2D eigenvalue weighted by atomic mass is 35.5. The summed E-state index contributed by atoms with van der Waals surface area (Å²) in [7, 11) is 0. The lowest BCUT2D eigenvalue weighted by Crippen LogP contribution is -2.32. The largest absolute Gasteiger partial charge is 0.353 e. The predicted octanol–water partition coefficient (Wildman–Crippen LogP) is 3.71. The Bertz CT molecular complexity index is 1030. The van der Waals surface area contributed by atoms with Crippen LogP contribution >= 0.6 is 23.4 Å². The number of thioether (sulfide) groups is 1. The lowest BCUT2D eigenvalue weighted by molar-refractivity contribution is -0.119. The summed E-state index contributed by atoms with van der Waals surface area (Å²) in [6, 6.07) is 14.7. The molecule has 0 aliphatic heterocycles. The third-order valence-corrected chi connectivity index (χ3v) is 5.24. The number of benzene rings is 2. The quantitative estimate of drug-likeness (QED) is 0.505. The van der Waals surface area contributed by atoms with Crippen molar-refractivity contribution in [3.63, 3.8) is 0 Å². The predicted molar refractivity (Wildman–Crippen MR) is 111 cm³/mol. The minimum absolute atomic E-state index is 0.0629. The van der Waals surface area contributed by atoms with E-state index >= 15 is 0 Å². The van der Waals surface area contributed by atoms with Crippen molar-refractivity contribution >= 4 is 40.2 Å². The Kier molecular flexibility index (Phi) is 6.19. The number of halogens is 1. The summed E-state index contributed by atoms with van der Waals surface area (Å²) in [5, 5.41) is 4.48. The van der Waals surface area contributed by atoms with E-state index in [4.69, 9.17) is 11.6 Å². The molecule has 0 bridgehead atoms. The van der Waals surface area contributed by atoms with Crippen LogP contribution in [0, 0.1) is 0 Å². The molecule has 0 unspecified atom stereocenters. The van der Waals surface area contributed by atoms with Gasteiger partial charge in [0.25, 0.3) is 5.56 Å². The van der Waals surface area contributed by atoms with Gasteiger partial charge in [-0.25, -0.2) is 4.98 Å². The number of hydrogen-bond donors (Lipinski definition) is 1. The maximum atomic E-state index is 13.1. The molecule has 0 saturated carbocycles. The molecule has 1 amide bonds. The monoisotopic (exact) mass is 401 g/mol. The number of fused-ring (bicyclic) bond motifs is 1. The van der Waals surface area contributed by atoms with Gasteiger partial charge in [-0.3, -0.25) is 14.2 Å². The molecule has 0 spiro atoms. The number of carbonyl (C=O) groups excluding carboxylic acids is 1. The van der Waals surface area contributed by atoms with E-state index in [2.05, 4.69) is 10.3 Å². The molecule has 0 atom stereocenters. The summed E-state index contributed by atoms with van der Waals surface area (Å²) in [6.45, 7) is 4.11. The number of aromatic nitrogens is 2. The van der Waals surface area contributed by atoms with Crippen molar-refractivity contribution in [3.8, 4) is 0 Å². The molecular weight excluding hydrogens is 382 g/mol. The maximum absolute atomic E-state index is 13.1. The third kappa shape index (κ3) is 4.70. The van der Waals surface area contributed by atoms with Gasteiger partial charge in [0.15, 0.2) is 5.16 Å². The van der Waals surface area contributed by atoms with Gasteiger partial charge in [0.05, 0.1) is 23.2 Å². The zero-order valence-electron chi connectivity index (χ0n) is 15.1. The zero-order chi connectivity index (χ0) is 19.4. The van der Waals surface area contributed by atoms with Gasteiger partial charge in [-0.2, -0.15) is 0 Å². The molecule has 7 heteroatoms. The number of hydrogen-bond acceptors (Lipinski definition) is 4. The first-order valence-electron chi connectivity index (χ1n) is 8.61. The van der Waals surface area contributed by atoms with Crippen molar-refractivity contribution in [3.05, 3.63) is 69.5 Å². The second-order valence-electron chi connectivity index (χ2n) is 6.41. The Balaban J connectivity index is 2.01. The maximum Gasteiger partial charge on any atom is 0.262 e. The van der Waals surface area contributed by atoms with Crippen LogP contribution < -0.4 is 10.9 Å². The minimum atomic E-state index is -0.146. The molecular formula is C20H20ClN3O2S. The first kappa shape index (κ1) is 19.5. The van der Waals surface area contributed by atoms with Crippen LogP contribution in [0.3, 0.4) is 0 Å². The molecule has 0 saturated heterocycles. The molecule has 3 rings (SSSR count). The standard InChI is InChI=1S/C20H20ClN3O2S/c1-13(2)22-18(25)12-27-20-23-17-10-6-4-8-15(17)19(26)24(20)11-14-7-3-5-9-16(14)21/h3-10,13H,11-12H2,1-2H3,(H,22,25). The molecule has 0 radical (unpaired) electrons. The normalized spacial score (nSPS) is 11.1. The Morgan fingerprint density at radius 3 is 2.63 bits per heavy atom. The molecule has 2 aromatic carbocycles. The van der Waals surface area contributed by atoms with Crippen molar-refractivity contribution in [2.75, 3.05) is 5.75 Å². The Labute approximate surface area is 166 Å². The van der Waals surface area contributed by atoms with Crippen LogP contribution in [-0.4, -0.2) is 27.3 Å². The van der Waals surface area contributed by atoms with Crippen LogP contribution in [0.5, 0.6) is 0 Å². The van der Waals surface area contributed by atoms with Gasteiger partial charge in [-0.15, -0.1) is 0 Å². The Hall–Kier alpha value is -2.31. The average molecular weight is 402 g/mol. The molecule has 1 N–H and O–H groups in total. The molecule has 1 aromatic heterocycles. The summed E-state index contributed by atoms with van der Waals surface area (Å²) < 4.78 is 1.58. The lowest BCUT2D eigenvalue weighted by Gasteiger charge is -2.14. The van der Waals surface area contributed by atoms with Gasteiger partial charge in [0.2, 0.25) is 5.91 Å². The van der Waals surface area contributed by atoms with Gasteiger partial charge in [0.1, 0.15) is 0 Å². The Morgan fingerprint density at radius 2 is 1.89 bits per heavy atom. The van der Waals surface area contributed by atoms with Gasteiger partial charge < -0.3 is 5.32 Å². The van der Waals surface area contributed by atoms with Crippen molar-refractivity contribution in [2.45, 2.75) is 31.6 Å². The summed E-state index contributed by atoms with van der Waals surface area (Å²) in [6.07, 6.45) is 0. The van der Waals surface area contributed by atoms with E-state index in [0.717, 1.165) is 5.56 Å². The highest BCUT2D eigenvalue weighted by molar-refractivity contribution is 7.99. The first-order chi connectivity index (χ1) is 13.0. The number of nitrogens with one attached hydrogen (secondary N) is 1. The second kappa shape index (κ2) is 8.59. The van der Waals surface area contributed by atoms with Gasteiger partial charge in [-0.1, -0.05) is 53.7 Å². The second-order valence-corrected chi connectivity index (χ2v) is 7.75. The van der Waals surface area contributed by atoms with Crippen molar-refractivity contribution in [1.82, 2.24) is 14.9 Å². The van der Waals surface area contributed by atoms with Crippen LogP contribution in [0.2, 0.25) is 5.02 Å². The first-order valence-corrected chi connectivity index (χ1v) is 9.97. The molecule has 0 aliphatic carbocycles.